The quantitative estimate of drug-likeness (QED) is 0.560. The number of hydrogen-bond donors (Lipinski definition) is 3. The summed E-state index contributed by atoms with van der Waals surface area (Å²) in [6.07, 6.45) is -1.83. The standard InChI is InChI=1S/C16H14ClNO6/c1-9(23-11-7-5-10(17)6-8-11)24-16(22)18-13-4-2-3-12(14(13)19)15(20)21/h2-9,19H,1H3,(H,18,22)(H,20,21). The number of ether oxygens (including phenoxy) is 2. The van der Waals surface area contributed by atoms with Crippen molar-refractivity contribution in [2.24, 2.45) is 0 Å². The molecular weight excluding hydrogens is 338 g/mol. The Kier molecular flexibility index (Phi) is 5.49. The fraction of sp³-hybridized carbons (Fsp3) is 0.125. The highest BCUT2D eigenvalue weighted by molar-refractivity contribution is 6.30. The molecule has 1 atom stereocenters. The molecule has 0 saturated carbocycles. The van der Waals surface area contributed by atoms with Crippen LogP contribution in [0, 0.1) is 0 Å². The van der Waals surface area contributed by atoms with Gasteiger partial charge < -0.3 is 19.7 Å². The molecule has 7 nitrogen and oxygen atoms in total. The van der Waals surface area contributed by atoms with Crippen LogP contribution in [0.4, 0.5) is 10.5 Å². The van der Waals surface area contributed by atoms with Crippen molar-refractivity contribution in [3.63, 3.8) is 0 Å². The molecule has 3 N–H and O–H groups in total. The number of amides is 1. The van der Waals surface area contributed by atoms with Crippen LogP contribution in [0.25, 0.3) is 0 Å². The van der Waals surface area contributed by atoms with E-state index in [9.17, 15) is 14.7 Å². The maximum Gasteiger partial charge on any atom is 0.414 e. The third-order valence-corrected chi connectivity index (χ3v) is 3.14. The van der Waals surface area contributed by atoms with E-state index in [4.69, 9.17) is 26.2 Å². The average molecular weight is 352 g/mol. The number of carbonyl (C=O) groups excluding carboxylic acids is 1. The molecule has 8 heteroatoms. The molecule has 1 amide bonds. The van der Waals surface area contributed by atoms with E-state index in [1.54, 1.807) is 24.3 Å². The molecule has 0 aliphatic rings. The van der Waals surface area contributed by atoms with E-state index in [1.165, 1.54) is 25.1 Å². The molecular formula is C16H14ClNO6. The number of aromatic hydroxyl groups is 1. The molecule has 0 spiro atoms. The van der Waals surface area contributed by atoms with Gasteiger partial charge in [-0.15, -0.1) is 0 Å². The molecule has 0 aliphatic heterocycles. The number of benzene rings is 2. The summed E-state index contributed by atoms with van der Waals surface area (Å²) in [4.78, 5) is 22.7. The van der Waals surface area contributed by atoms with Gasteiger partial charge in [0.25, 0.3) is 0 Å². The molecule has 126 valence electrons. The van der Waals surface area contributed by atoms with Gasteiger partial charge in [0.05, 0.1) is 5.69 Å². The summed E-state index contributed by atoms with van der Waals surface area (Å²) >= 11 is 5.76. The van der Waals surface area contributed by atoms with Gasteiger partial charge in [0.2, 0.25) is 6.29 Å². The summed E-state index contributed by atoms with van der Waals surface area (Å²) in [7, 11) is 0. The number of nitrogens with one attached hydrogen (secondary N) is 1. The predicted octanol–water partition coefficient (Wildman–Crippen LogP) is 3.72. The molecule has 24 heavy (non-hydrogen) atoms. The third-order valence-electron chi connectivity index (χ3n) is 2.89. The number of para-hydroxylation sites is 1. The molecule has 2 aromatic rings. The summed E-state index contributed by atoms with van der Waals surface area (Å²) in [5.41, 5.74) is -0.420. The summed E-state index contributed by atoms with van der Waals surface area (Å²) < 4.78 is 10.4. The van der Waals surface area contributed by atoms with Crippen LogP contribution in [0.3, 0.4) is 0 Å². The van der Waals surface area contributed by atoms with Crippen LogP contribution in [0.5, 0.6) is 11.5 Å². The highest BCUT2D eigenvalue weighted by atomic mass is 35.5. The Morgan fingerprint density at radius 3 is 2.46 bits per heavy atom. The fourth-order valence-corrected chi connectivity index (χ4v) is 1.96. The maximum absolute atomic E-state index is 11.8. The first kappa shape index (κ1) is 17.4. The zero-order valence-electron chi connectivity index (χ0n) is 12.5. The summed E-state index contributed by atoms with van der Waals surface area (Å²) in [5, 5.41) is 21.5. The lowest BCUT2D eigenvalue weighted by Gasteiger charge is -2.16. The second-order valence-corrected chi connectivity index (χ2v) is 5.11. The Morgan fingerprint density at radius 1 is 1.17 bits per heavy atom. The van der Waals surface area contributed by atoms with Crippen molar-refractivity contribution in [1.29, 1.82) is 0 Å². The van der Waals surface area contributed by atoms with Gasteiger partial charge in [0, 0.05) is 11.9 Å². The van der Waals surface area contributed by atoms with Gasteiger partial charge in [0.1, 0.15) is 11.3 Å². The fourth-order valence-electron chi connectivity index (χ4n) is 1.84. The van der Waals surface area contributed by atoms with Gasteiger partial charge in [-0.25, -0.2) is 9.59 Å². The number of hydrogen-bond acceptors (Lipinski definition) is 5. The van der Waals surface area contributed by atoms with Crippen molar-refractivity contribution in [3.8, 4) is 11.5 Å². The van der Waals surface area contributed by atoms with E-state index >= 15 is 0 Å². The second kappa shape index (κ2) is 7.56. The molecule has 0 aromatic heterocycles. The molecule has 0 fully saturated rings. The van der Waals surface area contributed by atoms with E-state index in [2.05, 4.69) is 5.32 Å². The number of carboxylic acids is 1. The molecule has 0 saturated heterocycles. The van der Waals surface area contributed by atoms with Crippen LogP contribution in [-0.4, -0.2) is 28.6 Å². The molecule has 0 bridgehead atoms. The second-order valence-electron chi connectivity index (χ2n) is 4.68. The molecule has 0 heterocycles. The van der Waals surface area contributed by atoms with Crippen LogP contribution >= 0.6 is 11.6 Å². The van der Waals surface area contributed by atoms with Crippen LogP contribution in [-0.2, 0) is 4.74 Å². The van der Waals surface area contributed by atoms with Crippen molar-refractivity contribution in [1.82, 2.24) is 0 Å². The highest BCUT2D eigenvalue weighted by Gasteiger charge is 2.17. The Morgan fingerprint density at radius 2 is 1.83 bits per heavy atom. The Labute approximate surface area is 142 Å². The number of carboxylic acid groups (broad SMARTS) is 1. The minimum absolute atomic E-state index is 0.0846. The first-order valence-corrected chi connectivity index (χ1v) is 7.19. The van der Waals surface area contributed by atoms with Crippen molar-refractivity contribution >= 4 is 29.4 Å². The van der Waals surface area contributed by atoms with Gasteiger partial charge >= 0.3 is 12.1 Å². The van der Waals surface area contributed by atoms with Crippen molar-refractivity contribution in [3.05, 3.63) is 53.1 Å². The van der Waals surface area contributed by atoms with Crippen LogP contribution in [0.15, 0.2) is 42.5 Å². The smallest absolute Gasteiger partial charge is 0.414 e. The van der Waals surface area contributed by atoms with Crippen molar-refractivity contribution in [2.75, 3.05) is 5.32 Å². The lowest BCUT2D eigenvalue weighted by molar-refractivity contribution is -0.0119. The monoisotopic (exact) mass is 351 g/mol. The van der Waals surface area contributed by atoms with Crippen LogP contribution in [0.1, 0.15) is 17.3 Å². The van der Waals surface area contributed by atoms with E-state index in [1.807, 2.05) is 0 Å². The lowest BCUT2D eigenvalue weighted by atomic mass is 10.2. The van der Waals surface area contributed by atoms with E-state index in [0.717, 1.165) is 0 Å². The van der Waals surface area contributed by atoms with Crippen LogP contribution < -0.4 is 10.1 Å². The van der Waals surface area contributed by atoms with Crippen molar-refractivity contribution in [2.45, 2.75) is 13.2 Å². The third kappa shape index (κ3) is 4.53. The largest absolute Gasteiger partial charge is 0.505 e. The Balaban J connectivity index is 1.96. The van der Waals surface area contributed by atoms with Gasteiger partial charge in [-0.1, -0.05) is 17.7 Å². The normalized spacial score (nSPS) is 11.4. The molecule has 0 aliphatic carbocycles. The summed E-state index contributed by atoms with van der Waals surface area (Å²) in [5.74, 6) is -1.42. The van der Waals surface area contributed by atoms with Gasteiger partial charge in [-0.05, 0) is 36.4 Å². The molecule has 0 radical (unpaired) electrons. The minimum atomic E-state index is -1.32. The number of anilines is 1. The number of rotatable bonds is 5. The summed E-state index contributed by atoms with van der Waals surface area (Å²) in [6, 6.07) is 10.4. The number of aromatic carboxylic acids is 1. The molecule has 2 rings (SSSR count). The zero-order chi connectivity index (χ0) is 17.7. The van der Waals surface area contributed by atoms with Gasteiger partial charge in [-0.3, -0.25) is 5.32 Å². The first-order chi connectivity index (χ1) is 11.4. The lowest BCUT2D eigenvalue weighted by Crippen LogP contribution is -2.24. The predicted molar refractivity (Wildman–Crippen MR) is 86.7 cm³/mol. The van der Waals surface area contributed by atoms with E-state index in [0.29, 0.717) is 10.8 Å². The molecule has 2 aromatic carbocycles. The van der Waals surface area contributed by atoms with Gasteiger partial charge in [-0.2, -0.15) is 0 Å². The number of halogens is 1. The average Bonchev–Trinajstić information content (AvgIpc) is 2.51. The highest BCUT2D eigenvalue weighted by Crippen LogP contribution is 2.27. The zero-order valence-corrected chi connectivity index (χ0v) is 13.3. The van der Waals surface area contributed by atoms with E-state index < -0.39 is 24.1 Å². The van der Waals surface area contributed by atoms with Crippen molar-refractivity contribution < 1.29 is 29.3 Å². The van der Waals surface area contributed by atoms with Gasteiger partial charge in [0.15, 0.2) is 5.75 Å². The number of carbonyl (C=O) groups is 2. The summed E-state index contributed by atoms with van der Waals surface area (Å²) in [6.45, 7) is 1.50. The SMILES string of the molecule is CC(OC(=O)Nc1cccc(C(=O)O)c1O)Oc1ccc(Cl)cc1. The maximum atomic E-state index is 11.8. The topological polar surface area (TPSA) is 105 Å². The minimum Gasteiger partial charge on any atom is -0.505 e. The molecule has 1 unspecified atom stereocenters. The Hall–Kier alpha value is -2.93. The Bertz CT molecular complexity index is 747. The van der Waals surface area contributed by atoms with Crippen LogP contribution in [0.2, 0.25) is 5.02 Å². The number of phenols is 1. The first-order valence-electron chi connectivity index (χ1n) is 6.82. The van der Waals surface area contributed by atoms with E-state index in [-0.39, 0.29) is 11.3 Å².